The molecule has 0 unspecified atom stereocenters. The minimum Gasteiger partial charge on any atom is -0.350 e. The summed E-state index contributed by atoms with van der Waals surface area (Å²) in [5.74, 6) is 1.49. The number of hydrogen-bond acceptors (Lipinski definition) is 7. The first kappa shape index (κ1) is 23.4. The summed E-state index contributed by atoms with van der Waals surface area (Å²) in [6.45, 7) is 4.86. The van der Waals surface area contributed by atoms with Gasteiger partial charge in [0.15, 0.2) is 0 Å². The highest BCUT2D eigenvalue weighted by molar-refractivity contribution is 5.62. The third-order valence-corrected chi connectivity index (χ3v) is 5.61. The molecule has 8 nitrogen and oxygen atoms in total. The number of fused-ring (bicyclic) bond motifs is 1. The van der Waals surface area contributed by atoms with Gasteiger partial charge in [-0.25, -0.2) is 15.0 Å². The number of pyridine rings is 1. The summed E-state index contributed by atoms with van der Waals surface area (Å²) in [7, 11) is 0. The van der Waals surface area contributed by atoms with Gasteiger partial charge in [-0.05, 0) is 36.8 Å². The fraction of sp³-hybridized carbons (Fsp3) is 0.348. The number of benzene rings is 1. The molecule has 0 bridgehead atoms. The first-order chi connectivity index (χ1) is 16.1. The minimum absolute atomic E-state index is 0.0367. The molecular weight excluding hydrogens is 449 g/mol. The van der Waals surface area contributed by atoms with Crippen LogP contribution in [0.5, 0.6) is 0 Å². The monoisotopic (exact) mass is 472 g/mol. The molecule has 11 heteroatoms. The molecular formula is C23H23F3N6O2. The van der Waals surface area contributed by atoms with Crippen LogP contribution in [-0.4, -0.2) is 33.0 Å². The number of halogens is 3. The normalized spacial score (nSPS) is 14.0. The quantitative estimate of drug-likeness (QED) is 0.399. The first-order valence-electron chi connectivity index (χ1n) is 10.8. The predicted molar refractivity (Wildman–Crippen MR) is 121 cm³/mol. The summed E-state index contributed by atoms with van der Waals surface area (Å²) in [4.78, 5) is 26.5. The zero-order chi connectivity index (χ0) is 24.5. The lowest BCUT2D eigenvalue weighted by Gasteiger charge is -2.20. The highest BCUT2D eigenvalue weighted by Gasteiger charge is 2.30. The molecule has 34 heavy (non-hydrogen) atoms. The van der Waals surface area contributed by atoms with Crippen LogP contribution in [0.2, 0.25) is 0 Å². The van der Waals surface area contributed by atoms with Crippen molar-refractivity contribution >= 4 is 23.0 Å². The largest absolute Gasteiger partial charge is 0.416 e. The number of aromatic nitrogens is 3. The van der Waals surface area contributed by atoms with E-state index < -0.39 is 16.7 Å². The van der Waals surface area contributed by atoms with Crippen LogP contribution < -0.4 is 10.2 Å². The zero-order valence-electron chi connectivity index (χ0n) is 18.6. The Balaban J connectivity index is 1.66. The molecule has 0 radical (unpaired) electrons. The Hall–Kier alpha value is -3.76. The van der Waals surface area contributed by atoms with Crippen molar-refractivity contribution in [3.8, 4) is 0 Å². The van der Waals surface area contributed by atoms with Gasteiger partial charge in [0.1, 0.15) is 11.6 Å². The number of nitro groups is 1. The van der Waals surface area contributed by atoms with Crippen molar-refractivity contribution in [2.24, 2.45) is 0 Å². The summed E-state index contributed by atoms with van der Waals surface area (Å²) in [5, 5.41) is 14.6. The lowest BCUT2D eigenvalue weighted by Crippen LogP contribution is -2.27. The fourth-order valence-electron chi connectivity index (χ4n) is 3.85. The number of nitrogens with one attached hydrogen (secondary N) is 1. The second-order valence-corrected chi connectivity index (χ2v) is 8.30. The summed E-state index contributed by atoms with van der Waals surface area (Å²) >= 11 is 0. The maximum atomic E-state index is 12.9. The Morgan fingerprint density at radius 3 is 2.44 bits per heavy atom. The second kappa shape index (κ2) is 9.24. The van der Waals surface area contributed by atoms with Crippen molar-refractivity contribution in [2.45, 2.75) is 38.8 Å². The average Bonchev–Trinajstić information content (AvgIpc) is 3.01. The van der Waals surface area contributed by atoms with E-state index in [1.54, 1.807) is 0 Å². The number of alkyl halides is 3. The lowest BCUT2D eigenvalue weighted by atomic mass is 10.1. The third-order valence-electron chi connectivity index (χ3n) is 5.61. The number of hydrogen-bond donors (Lipinski definition) is 1. The van der Waals surface area contributed by atoms with E-state index in [4.69, 9.17) is 4.98 Å². The molecule has 3 heterocycles. The van der Waals surface area contributed by atoms with Crippen LogP contribution in [0.3, 0.4) is 0 Å². The van der Waals surface area contributed by atoms with Crippen LogP contribution in [0.25, 0.3) is 0 Å². The second-order valence-electron chi connectivity index (χ2n) is 8.30. The molecule has 178 valence electrons. The lowest BCUT2D eigenvalue weighted by molar-refractivity contribution is -0.384. The number of rotatable bonds is 5. The van der Waals surface area contributed by atoms with Gasteiger partial charge in [-0.1, -0.05) is 13.8 Å². The molecule has 0 saturated carbocycles. The van der Waals surface area contributed by atoms with E-state index in [0.717, 1.165) is 23.4 Å². The van der Waals surface area contributed by atoms with E-state index in [-0.39, 0.29) is 11.6 Å². The van der Waals surface area contributed by atoms with Gasteiger partial charge < -0.3 is 10.2 Å². The molecule has 1 N–H and O–H groups in total. The van der Waals surface area contributed by atoms with Crippen molar-refractivity contribution < 1.29 is 18.1 Å². The Labute approximate surface area is 194 Å². The van der Waals surface area contributed by atoms with Gasteiger partial charge in [-0.3, -0.25) is 10.1 Å². The third kappa shape index (κ3) is 4.92. The van der Waals surface area contributed by atoms with Crippen LogP contribution in [0.15, 0.2) is 42.6 Å². The number of nitrogens with zero attached hydrogens (tertiary/aromatic N) is 5. The van der Waals surface area contributed by atoms with Crippen molar-refractivity contribution in [3.63, 3.8) is 0 Å². The van der Waals surface area contributed by atoms with Crippen LogP contribution in [0, 0.1) is 10.1 Å². The Morgan fingerprint density at radius 2 is 1.79 bits per heavy atom. The summed E-state index contributed by atoms with van der Waals surface area (Å²) < 4.78 is 38.8. The van der Waals surface area contributed by atoms with E-state index >= 15 is 0 Å². The summed E-state index contributed by atoms with van der Waals surface area (Å²) in [5.41, 5.74) is 1.34. The standard InChI is InChI=1S/C23H23F3N6O2/c1-14(2)20-29-18-10-13-31(22-19(32(33)34)4-3-11-27-22)12-9-17(18)21(30-20)28-16-7-5-15(6-8-16)23(24,25)26/h3-8,11,14H,9-10,12-13H2,1-2H3,(H,28,29,30). The molecule has 1 aliphatic rings. The topological polar surface area (TPSA) is 97.1 Å². The molecule has 3 aromatic rings. The molecule has 1 aromatic carbocycles. The van der Waals surface area contributed by atoms with Gasteiger partial charge >= 0.3 is 11.9 Å². The first-order valence-corrected chi connectivity index (χ1v) is 10.8. The van der Waals surface area contributed by atoms with Gasteiger partial charge in [0.05, 0.1) is 16.2 Å². The summed E-state index contributed by atoms with van der Waals surface area (Å²) in [6.07, 6.45) is -1.88. The van der Waals surface area contributed by atoms with Gasteiger partial charge in [0, 0.05) is 48.9 Å². The van der Waals surface area contributed by atoms with E-state index in [0.29, 0.717) is 49.1 Å². The van der Waals surface area contributed by atoms with Crippen LogP contribution >= 0.6 is 0 Å². The van der Waals surface area contributed by atoms with Gasteiger partial charge in [-0.15, -0.1) is 0 Å². The predicted octanol–water partition coefficient (Wildman–Crippen LogP) is 5.27. The molecule has 0 amide bonds. The molecule has 0 spiro atoms. The molecule has 0 aliphatic carbocycles. The Bertz CT molecular complexity index is 1200. The van der Waals surface area contributed by atoms with E-state index in [1.807, 2.05) is 18.7 Å². The highest BCUT2D eigenvalue weighted by atomic mass is 19.4. The molecule has 1 aliphatic heterocycles. The molecule has 2 aromatic heterocycles. The van der Waals surface area contributed by atoms with Crippen molar-refractivity contribution in [1.29, 1.82) is 0 Å². The minimum atomic E-state index is -4.41. The highest BCUT2D eigenvalue weighted by Crippen LogP contribution is 2.33. The molecule has 0 fully saturated rings. The smallest absolute Gasteiger partial charge is 0.350 e. The SMILES string of the molecule is CC(C)c1nc2c(c(Nc3ccc(C(F)(F)F)cc3)n1)CCN(c1ncccc1[N+](=O)[O-])CC2. The van der Waals surface area contributed by atoms with Crippen LogP contribution in [0.4, 0.5) is 36.2 Å². The molecule has 4 rings (SSSR count). The van der Waals surface area contributed by atoms with Gasteiger partial charge in [0.25, 0.3) is 0 Å². The van der Waals surface area contributed by atoms with E-state index in [1.165, 1.54) is 30.5 Å². The van der Waals surface area contributed by atoms with Crippen LogP contribution in [-0.2, 0) is 19.0 Å². The zero-order valence-corrected chi connectivity index (χ0v) is 18.6. The van der Waals surface area contributed by atoms with E-state index in [2.05, 4.69) is 15.3 Å². The van der Waals surface area contributed by atoms with Crippen molar-refractivity contribution in [3.05, 3.63) is 75.4 Å². The Morgan fingerprint density at radius 1 is 1.09 bits per heavy atom. The van der Waals surface area contributed by atoms with Gasteiger partial charge in [0.2, 0.25) is 5.82 Å². The Kier molecular flexibility index (Phi) is 6.36. The van der Waals surface area contributed by atoms with E-state index in [9.17, 15) is 23.3 Å². The maximum absolute atomic E-state index is 12.9. The maximum Gasteiger partial charge on any atom is 0.416 e. The van der Waals surface area contributed by atoms with Crippen LogP contribution in [0.1, 0.15) is 42.4 Å². The summed E-state index contributed by atoms with van der Waals surface area (Å²) in [6, 6.07) is 7.73. The van der Waals surface area contributed by atoms with Crippen molar-refractivity contribution in [2.75, 3.05) is 23.3 Å². The van der Waals surface area contributed by atoms with Gasteiger partial charge in [-0.2, -0.15) is 13.2 Å². The number of anilines is 3. The average molecular weight is 472 g/mol. The van der Waals surface area contributed by atoms with Crippen molar-refractivity contribution in [1.82, 2.24) is 15.0 Å². The fourth-order valence-corrected chi connectivity index (χ4v) is 3.85. The molecule has 0 saturated heterocycles. The molecule has 0 atom stereocenters.